The molecule has 0 saturated heterocycles. The third kappa shape index (κ3) is 23.0. The van der Waals surface area contributed by atoms with Crippen molar-refractivity contribution in [3.8, 4) is 0 Å². The van der Waals surface area contributed by atoms with Gasteiger partial charge in [-0.15, -0.1) is 0 Å². The Hall–Kier alpha value is -0.990. The van der Waals surface area contributed by atoms with E-state index in [9.17, 15) is 0 Å². The van der Waals surface area contributed by atoms with Crippen molar-refractivity contribution in [2.75, 3.05) is 0 Å². The second kappa shape index (κ2) is 23.0. The molecule has 1 aromatic rings. The number of imidazole rings is 1. The van der Waals surface area contributed by atoms with Crippen LogP contribution in [0.4, 0.5) is 0 Å². The summed E-state index contributed by atoms with van der Waals surface area (Å²) in [6.07, 6.45) is 23.3. The first-order valence-corrected chi connectivity index (χ1v) is 10.6. The van der Waals surface area contributed by atoms with E-state index in [4.69, 9.17) is 5.41 Å². The molecule has 0 spiro atoms. The maximum Gasteiger partial charge on any atom is 0.243 e. The quantitative estimate of drug-likeness (QED) is 0.175. The first kappa shape index (κ1) is 26.2. The predicted molar refractivity (Wildman–Crippen MR) is 114 cm³/mol. The SMILES string of the molecule is CCCCCCCCCCCC.CCCCn1cc[n+](C)c1.[N-]=C=S. The summed E-state index contributed by atoms with van der Waals surface area (Å²) in [6.45, 7) is 7.92. The maximum absolute atomic E-state index is 7.13. The highest BCUT2D eigenvalue weighted by molar-refractivity contribution is 7.78. The molecule has 1 heterocycles. The van der Waals surface area contributed by atoms with Crippen LogP contribution in [0.15, 0.2) is 18.7 Å². The fourth-order valence-corrected chi connectivity index (χ4v) is 2.54. The highest BCUT2D eigenvalue weighted by atomic mass is 32.1. The molecule has 0 aliphatic heterocycles. The summed E-state index contributed by atoms with van der Waals surface area (Å²) in [7, 11) is 2.04. The molecule has 1 rings (SSSR count). The topological polar surface area (TPSA) is 31.1 Å². The zero-order valence-electron chi connectivity index (χ0n) is 17.2. The predicted octanol–water partition coefficient (Wildman–Crippen LogP) is 6.70. The third-order valence-electron chi connectivity index (χ3n) is 4.05. The number of thiocarbonyl (C=S) groups is 1. The summed E-state index contributed by atoms with van der Waals surface area (Å²) in [5, 5.41) is 8.47. The Morgan fingerprint density at radius 3 is 1.56 bits per heavy atom. The molecule has 0 bridgehead atoms. The molecule has 0 aliphatic rings. The van der Waals surface area contributed by atoms with Crippen LogP contribution in [-0.2, 0) is 13.6 Å². The molecular formula is C21H41N3S. The van der Waals surface area contributed by atoms with Crippen LogP contribution >= 0.6 is 12.2 Å². The molecule has 1 aromatic heterocycles. The molecule has 25 heavy (non-hydrogen) atoms. The highest BCUT2D eigenvalue weighted by Gasteiger charge is 1.96. The molecular weight excluding hydrogens is 326 g/mol. The fourth-order valence-electron chi connectivity index (χ4n) is 2.54. The van der Waals surface area contributed by atoms with Gasteiger partial charge in [-0.05, 0) is 6.42 Å². The minimum absolute atomic E-state index is 1.15. The monoisotopic (exact) mass is 367 g/mol. The number of aryl methyl sites for hydroxylation is 2. The minimum Gasteiger partial charge on any atom is -0.753 e. The summed E-state index contributed by atoms with van der Waals surface area (Å²) in [6, 6.07) is 0. The maximum atomic E-state index is 7.13. The molecule has 3 nitrogen and oxygen atoms in total. The van der Waals surface area contributed by atoms with Crippen LogP contribution in [0.3, 0.4) is 0 Å². The number of hydrogen-bond acceptors (Lipinski definition) is 1. The lowest BCUT2D eigenvalue weighted by molar-refractivity contribution is -0.671. The van der Waals surface area contributed by atoms with Crippen molar-refractivity contribution in [2.24, 2.45) is 7.05 Å². The zero-order valence-corrected chi connectivity index (χ0v) is 18.0. The first-order valence-electron chi connectivity index (χ1n) is 10.2. The van der Waals surface area contributed by atoms with Crippen molar-refractivity contribution in [1.82, 2.24) is 4.57 Å². The van der Waals surface area contributed by atoms with Gasteiger partial charge < -0.3 is 5.41 Å². The Bertz CT molecular complexity index is 386. The number of unbranched alkanes of at least 4 members (excludes halogenated alkanes) is 10. The summed E-state index contributed by atoms with van der Waals surface area (Å²) in [4.78, 5) is 0. The van der Waals surface area contributed by atoms with E-state index in [1.807, 2.05) is 7.05 Å². The van der Waals surface area contributed by atoms with Crippen LogP contribution in [0.1, 0.15) is 97.8 Å². The van der Waals surface area contributed by atoms with Crippen molar-refractivity contribution >= 4 is 17.4 Å². The largest absolute Gasteiger partial charge is 0.753 e. The van der Waals surface area contributed by atoms with E-state index in [-0.39, 0.29) is 0 Å². The van der Waals surface area contributed by atoms with Gasteiger partial charge in [-0.25, -0.2) is 9.13 Å². The van der Waals surface area contributed by atoms with E-state index >= 15 is 0 Å². The Morgan fingerprint density at radius 2 is 1.24 bits per heavy atom. The van der Waals surface area contributed by atoms with E-state index < -0.39 is 0 Å². The normalized spacial score (nSPS) is 9.44. The Labute approximate surface area is 162 Å². The standard InChI is InChI=1S/C12H26.C8H15N2.CNS/c1-3-5-7-9-11-12-10-8-6-4-2;1-3-4-5-10-7-6-9(2)8-10;2-1-3/h3-12H2,1-2H3;6-8H,3-5H2,1-2H3;/q;+1;-1. The second-order valence-electron chi connectivity index (χ2n) is 6.59. The Kier molecular flexibility index (Phi) is 24.2. The van der Waals surface area contributed by atoms with Crippen molar-refractivity contribution < 1.29 is 4.57 Å². The fraction of sp³-hybridized carbons (Fsp3) is 0.810. The Morgan fingerprint density at radius 1 is 0.840 bits per heavy atom. The van der Waals surface area contributed by atoms with Gasteiger partial charge in [0.2, 0.25) is 6.33 Å². The number of isothiocyanates is 1. The second-order valence-corrected chi connectivity index (χ2v) is 6.77. The molecule has 0 atom stereocenters. The number of aromatic nitrogens is 2. The summed E-state index contributed by atoms with van der Waals surface area (Å²) >= 11 is 3.70. The van der Waals surface area contributed by atoms with Crippen LogP contribution in [0, 0.1) is 0 Å². The van der Waals surface area contributed by atoms with Gasteiger partial charge in [0.25, 0.3) is 0 Å². The van der Waals surface area contributed by atoms with Gasteiger partial charge in [0.15, 0.2) is 0 Å². The van der Waals surface area contributed by atoms with E-state index in [1.165, 1.54) is 82.2 Å². The Balaban J connectivity index is 0. The zero-order chi connectivity index (χ0) is 19.2. The van der Waals surface area contributed by atoms with Gasteiger partial charge in [0, 0.05) is 0 Å². The number of nitrogens with zero attached hydrogens (tertiary/aromatic N) is 3. The van der Waals surface area contributed by atoms with E-state index in [0.717, 1.165) is 6.54 Å². The van der Waals surface area contributed by atoms with Crippen LogP contribution in [0.5, 0.6) is 0 Å². The molecule has 146 valence electrons. The van der Waals surface area contributed by atoms with Crippen molar-refractivity contribution in [2.45, 2.75) is 104 Å². The van der Waals surface area contributed by atoms with Crippen LogP contribution in [0.25, 0.3) is 5.41 Å². The highest BCUT2D eigenvalue weighted by Crippen LogP contribution is 2.09. The molecule has 0 fully saturated rings. The van der Waals surface area contributed by atoms with Crippen molar-refractivity contribution in [1.29, 1.82) is 0 Å². The lowest BCUT2D eigenvalue weighted by Gasteiger charge is -1.99. The summed E-state index contributed by atoms with van der Waals surface area (Å²) < 4.78 is 4.28. The molecule has 0 aliphatic carbocycles. The molecule has 0 N–H and O–H groups in total. The van der Waals surface area contributed by atoms with Gasteiger partial charge in [-0.1, -0.05) is 104 Å². The molecule has 0 aromatic carbocycles. The summed E-state index contributed by atoms with van der Waals surface area (Å²) in [5.41, 5.74) is 0. The van der Waals surface area contributed by atoms with Crippen molar-refractivity contribution in [3.63, 3.8) is 0 Å². The van der Waals surface area contributed by atoms with Gasteiger partial charge >= 0.3 is 0 Å². The molecule has 4 heteroatoms. The lowest BCUT2D eigenvalue weighted by atomic mass is 10.1. The molecule has 0 amide bonds. The average molecular weight is 368 g/mol. The van der Waals surface area contributed by atoms with Gasteiger partial charge in [-0.2, -0.15) is 5.16 Å². The third-order valence-corrected chi connectivity index (χ3v) is 4.05. The number of rotatable bonds is 12. The van der Waals surface area contributed by atoms with E-state index in [2.05, 4.69) is 60.8 Å². The van der Waals surface area contributed by atoms with E-state index in [1.54, 1.807) is 0 Å². The van der Waals surface area contributed by atoms with Gasteiger partial charge in [0.05, 0.1) is 13.6 Å². The number of hydrogen-bond donors (Lipinski definition) is 0. The molecule has 0 radical (unpaired) electrons. The first-order chi connectivity index (χ1) is 12.2. The van der Waals surface area contributed by atoms with Crippen LogP contribution in [-0.4, -0.2) is 9.73 Å². The van der Waals surface area contributed by atoms with Crippen LogP contribution in [0.2, 0.25) is 0 Å². The smallest absolute Gasteiger partial charge is 0.243 e. The van der Waals surface area contributed by atoms with Gasteiger partial charge in [-0.3, -0.25) is 0 Å². The molecule has 0 saturated carbocycles. The van der Waals surface area contributed by atoms with Crippen LogP contribution < -0.4 is 4.57 Å². The summed E-state index contributed by atoms with van der Waals surface area (Å²) in [5.74, 6) is 0. The van der Waals surface area contributed by atoms with E-state index in [0.29, 0.717) is 0 Å². The lowest BCUT2D eigenvalue weighted by Crippen LogP contribution is -2.23. The van der Waals surface area contributed by atoms with Gasteiger partial charge in [0.1, 0.15) is 12.4 Å². The minimum atomic E-state index is 1.15. The molecule has 0 unspecified atom stereocenters. The van der Waals surface area contributed by atoms with Crippen molar-refractivity contribution in [3.05, 3.63) is 24.1 Å². The average Bonchev–Trinajstić information content (AvgIpc) is 3.02.